The van der Waals surface area contributed by atoms with E-state index < -0.39 is 5.91 Å². The molecule has 16 heavy (non-hydrogen) atoms. The van der Waals surface area contributed by atoms with Crippen LogP contribution in [0.15, 0.2) is 18.2 Å². The van der Waals surface area contributed by atoms with Crippen molar-refractivity contribution in [2.45, 2.75) is 19.3 Å². The lowest BCUT2D eigenvalue weighted by molar-refractivity contribution is 0.0996. The molecule has 1 aliphatic carbocycles. The summed E-state index contributed by atoms with van der Waals surface area (Å²) in [5.74, 6) is 0.835. The summed E-state index contributed by atoms with van der Waals surface area (Å²) in [6.07, 6.45) is 3.64. The van der Waals surface area contributed by atoms with Gasteiger partial charge in [0.2, 0.25) is 0 Å². The number of anilines is 1. The molecule has 0 unspecified atom stereocenters. The third kappa shape index (κ3) is 2.66. The highest BCUT2D eigenvalue weighted by Gasteiger charge is 2.21. The van der Waals surface area contributed by atoms with E-state index in [1.54, 1.807) is 18.2 Å². The van der Waals surface area contributed by atoms with Crippen LogP contribution in [0.2, 0.25) is 0 Å². The van der Waals surface area contributed by atoms with E-state index in [2.05, 4.69) is 0 Å². The summed E-state index contributed by atoms with van der Waals surface area (Å²) in [5.41, 5.74) is 11.7. The van der Waals surface area contributed by atoms with E-state index in [1.807, 2.05) is 0 Å². The number of primary amides is 1. The van der Waals surface area contributed by atoms with Gasteiger partial charge >= 0.3 is 0 Å². The van der Waals surface area contributed by atoms with Crippen LogP contribution in [0, 0.1) is 5.92 Å². The summed E-state index contributed by atoms with van der Waals surface area (Å²) in [6, 6.07) is 4.95. The van der Waals surface area contributed by atoms with Gasteiger partial charge in [0.25, 0.3) is 5.91 Å². The van der Waals surface area contributed by atoms with E-state index in [0.717, 1.165) is 12.3 Å². The first-order valence-electron chi connectivity index (χ1n) is 5.49. The summed E-state index contributed by atoms with van der Waals surface area (Å²) >= 11 is 0. The lowest BCUT2D eigenvalue weighted by atomic mass is 10.1. The van der Waals surface area contributed by atoms with Crippen molar-refractivity contribution < 1.29 is 9.53 Å². The van der Waals surface area contributed by atoms with Crippen molar-refractivity contribution in [3.05, 3.63) is 23.8 Å². The standard InChI is InChI=1S/C12H16N2O2/c13-9-3-4-11(10(7-9)12(14)15)16-6-5-8-1-2-8/h3-4,7-8H,1-2,5-6,13H2,(H2,14,15). The van der Waals surface area contributed by atoms with Gasteiger partial charge in [0.1, 0.15) is 5.75 Å². The van der Waals surface area contributed by atoms with E-state index >= 15 is 0 Å². The zero-order valence-electron chi connectivity index (χ0n) is 9.11. The van der Waals surface area contributed by atoms with Gasteiger partial charge in [-0.3, -0.25) is 4.79 Å². The largest absolute Gasteiger partial charge is 0.493 e. The number of amides is 1. The monoisotopic (exact) mass is 220 g/mol. The third-order valence-electron chi connectivity index (χ3n) is 2.75. The van der Waals surface area contributed by atoms with Gasteiger partial charge in [-0.25, -0.2) is 0 Å². The quantitative estimate of drug-likeness (QED) is 0.739. The lowest BCUT2D eigenvalue weighted by Gasteiger charge is -2.09. The Labute approximate surface area is 94.6 Å². The van der Waals surface area contributed by atoms with Gasteiger partial charge in [0.05, 0.1) is 12.2 Å². The fourth-order valence-corrected chi connectivity index (χ4v) is 1.61. The second-order valence-corrected chi connectivity index (χ2v) is 4.20. The molecule has 0 spiro atoms. The van der Waals surface area contributed by atoms with Crippen LogP contribution in [-0.4, -0.2) is 12.5 Å². The number of hydrogen-bond donors (Lipinski definition) is 2. The summed E-state index contributed by atoms with van der Waals surface area (Å²) in [4.78, 5) is 11.2. The molecule has 0 atom stereocenters. The second-order valence-electron chi connectivity index (χ2n) is 4.20. The third-order valence-corrected chi connectivity index (χ3v) is 2.75. The number of nitrogens with two attached hydrogens (primary N) is 2. The summed E-state index contributed by atoms with van der Waals surface area (Å²) < 4.78 is 5.55. The Morgan fingerprint density at radius 3 is 2.81 bits per heavy atom. The molecule has 4 heteroatoms. The highest BCUT2D eigenvalue weighted by atomic mass is 16.5. The molecule has 0 heterocycles. The summed E-state index contributed by atoms with van der Waals surface area (Å²) in [5, 5.41) is 0. The van der Waals surface area contributed by atoms with E-state index in [0.29, 0.717) is 23.6 Å². The molecule has 1 aliphatic rings. The Morgan fingerprint density at radius 1 is 1.44 bits per heavy atom. The minimum Gasteiger partial charge on any atom is -0.493 e. The highest BCUT2D eigenvalue weighted by molar-refractivity contribution is 5.96. The van der Waals surface area contributed by atoms with Crippen molar-refractivity contribution in [3.8, 4) is 5.75 Å². The van der Waals surface area contributed by atoms with Gasteiger partial charge in [-0.1, -0.05) is 12.8 Å². The first kappa shape index (κ1) is 10.8. The van der Waals surface area contributed by atoms with Gasteiger partial charge in [0.15, 0.2) is 0 Å². The van der Waals surface area contributed by atoms with Gasteiger partial charge < -0.3 is 16.2 Å². The predicted molar refractivity (Wildman–Crippen MR) is 62.2 cm³/mol. The topological polar surface area (TPSA) is 78.3 Å². The molecule has 0 aliphatic heterocycles. The average Bonchev–Trinajstić information content (AvgIpc) is 3.04. The van der Waals surface area contributed by atoms with Gasteiger partial charge in [-0.15, -0.1) is 0 Å². The number of ether oxygens (including phenoxy) is 1. The van der Waals surface area contributed by atoms with Crippen molar-refractivity contribution in [1.82, 2.24) is 0 Å². The molecular formula is C12H16N2O2. The summed E-state index contributed by atoms with van der Waals surface area (Å²) in [6.45, 7) is 0.634. The van der Waals surface area contributed by atoms with Crippen LogP contribution in [0.4, 0.5) is 5.69 Å². The minimum atomic E-state index is -0.506. The fraction of sp³-hybridized carbons (Fsp3) is 0.417. The highest BCUT2D eigenvalue weighted by Crippen LogP contribution is 2.32. The zero-order chi connectivity index (χ0) is 11.5. The van der Waals surface area contributed by atoms with Crippen molar-refractivity contribution in [3.63, 3.8) is 0 Å². The molecule has 1 aromatic rings. The smallest absolute Gasteiger partial charge is 0.252 e. The first-order valence-corrected chi connectivity index (χ1v) is 5.49. The van der Waals surface area contributed by atoms with Crippen LogP contribution in [0.5, 0.6) is 5.75 Å². The molecule has 0 saturated heterocycles. The van der Waals surface area contributed by atoms with Gasteiger partial charge in [-0.2, -0.15) is 0 Å². The van der Waals surface area contributed by atoms with E-state index in [9.17, 15) is 4.79 Å². The molecule has 0 aromatic heterocycles. The SMILES string of the molecule is NC(=O)c1cc(N)ccc1OCCC1CC1. The lowest BCUT2D eigenvalue weighted by Crippen LogP contribution is -2.14. The maximum atomic E-state index is 11.2. The molecule has 1 saturated carbocycles. The van der Waals surface area contributed by atoms with Crippen LogP contribution in [0.3, 0.4) is 0 Å². The van der Waals surface area contributed by atoms with Crippen molar-refractivity contribution in [2.75, 3.05) is 12.3 Å². The normalized spacial score (nSPS) is 14.8. The zero-order valence-corrected chi connectivity index (χ0v) is 9.11. The number of benzene rings is 1. The minimum absolute atomic E-state index is 0.357. The Bertz CT molecular complexity index is 400. The number of rotatable bonds is 5. The average molecular weight is 220 g/mol. The molecule has 1 amide bonds. The van der Waals surface area contributed by atoms with Crippen LogP contribution in [0.25, 0.3) is 0 Å². The maximum Gasteiger partial charge on any atom is 0.252 e. The molecule has 1 fully saturated rings. The Hall–Kier alpha value is -1.71. The molecule has 4 nitrogen and oxygen atoms in total. The summed E-state index contributed by atoms with van der Waals surface area (Å²) in [7, 11) is 0. The number of carbonyl (C=O) groups excluding carboxylic acids is 1. The maximum absolute atomic E-state index is 11.2. The van der Waals surface area contributed by atoms with Crippen molar-refractivity contribution in [2.24, 2.45) is 11.7 Å². The Morgan fingerprint density at radius 2 is 2.19 bits per heavy atom. The Balaban J connectivity index is 2.02. The molecule has 86 valence electrons. The number of nitrogen functional groups attached to an aromatic ring is 1. The van der Waals surface area contributed by atoms with E-state index in [-0.39, 0.29) is 0 Å². The van der Waals surface area contributed by atoms with Crippen LogP contribution in [-0.2, 0) is 0 Å². The molecule has 1 aromatic carbocycles. The van der Waals surface area contributed by atoms with Gasteiger partial charge in [-0.05, 0) is 30.5 Å². The van der Waals surface area contributed by atoms with Crippen molar-refractivity contribution in [1.29, 1.82) is 0 Å². The second kappa shape index (κ2) is 4.43. The molecular weight excluding hydrogens is 204 g/mol. The molecule has 2 rings (SSSR count). The fourth-order valence-electron chi connectivity index (χ4n) is 1.61. The van der Waals surface area contributed by atoms with Gasteiger partial charge in [0, 0.05) is 5.69 Å². The van der Waals surface area contributed by atoms with E-state index in [4.69, 9.17) is 16.2 Å². The van der Waals surface area contributed by atoms with Crippen LogP contribution >= 0.6 is 0 Å². The first-order chi connectivity index (χ1) is 7.66. The molecule has 0 radical (unpaired) electrons. The van der Waals surface area contributed by atoms with Crippen molar-refractivity contribution >= 4 is 11.6 Å². The predicted octanol–water partition coefficient (Wildman–Crippen LogP) is 1.55. The number of carbonyl (C=O) groups is 1. The van der Waals surface area contributed by atoms with Crippen LogP contribution in [0.1, 0.15) is 29.6 Å². The van der Waals surface area contributed by atoms with E-state index in [1.165, 1.54) is 12.8 Å². The number of hydrogen-bond acceptors (Lipinski definition) is 3. The Kier molecular flexibility index (Phi) is 2.99. The molecule has 4 N–H and O–H groups in total. The van der Waals surface area contributed by atoms with Crippen LogP contribution < -0.4 is 16.2 Å². The molecule has 0 bridgehead atoms.